The predicted octanol–water partition coefficient (Wildman–Crippen LogP) is 5.62. The van der Waals surface area contributed by atoms with Gasteiger partial charge in [-0.25, -0.2) is 0 Å². The van der Waals surface area contributed by atoms with Crippen LogP contribution >= 0.6 is 0 Å². The first-order chi connectivity index (χ1) is 14.4. The van der Waals surface area contributed by atoms with Crippen LogP contribution in [0.1, 0.15) is 6.42 Å². The van der Waals surface area contributed by atoms with E-state index in [1.807, 2.05) is 66.7 Å². The molecule has 4 aromatic rings. The summed E-state index contributed by atoms with van der Waals surface area (Å²) in [5.74, 6) is 0. The van der Waals surface area contributed by atoms with Gasteiger partial charge in [0.05, 0.1) is 40.0 Å². The van der Waals surface area contributed by atoms with Crippen molar-refractivity contribution in [2.45, 2.75) is 6.42 Å². The Morgan fingerprint density at radius 1 is 0.690 bits per heavy atom. The molecule has 5 rings (SSSR count). The summed E-state index contributed by atoms with van der Waals surface area (Å²) in [5, 5.41) is 2.15. The van der Waals surface area contributed by atoms with Gasteiger partial charge in [0.2, 0.25) is 0 Å². The number of aliphatic imine (C=N–C) groups is 3. The van der Waals surface area contributed by atoms with E-state index in [1.165, 1.54) is 0 Å². The monoisotopic (exact) mass is 375 g/mol. The number of fused-ring (bicyclic) bond motifs is 2. The Labute approximate surface area is 167 Å². The summed E-state index contributed by atoms with van der Waals surface area (Å²) in [6.45, 7) is 0. The first-order valence-corrected chi connectivity index (χ1v) is 9.40. The molecule has 0 N–H and O–H groups in total. The molecule has 0 amide bonds. The quantitative estimate of drug-likeness (QED) is 0.435. The summed E-state index contributed by atoms with van der Waals surface area (Å²) in [6.07, 6.45) is 9.93. The lowest BCUT2D eigenvalue weighted by Crippen LogP contribution is -1.93. The summed E-state index contributed by atoms with van der Waals surface area (Å²) in [4.78, 5) is 22.7. The largest absolute Gasteiger partial charge is 0.254 e. The zero-order valence-corrected chi connectivity index (χ0v) is 15.6. The van der Waals surface area contributed by atoms with Gasteiger partial charge >= 0.3 is 0 Å². The fourth-order valence-electron chi connectivity index (χ4n) is 3.29. The third-order valence-corrected chi connectivity index (χ3v) is 4.70. The van der Waals surface area contributed by atoms with Crippen LogP contribution in [0, 0.1) is 0 Å². The summed E-state index contributed by atoms with van der Waals surface area (Å²) >= 11 is 0. The van der Waals surface area contributed by atoms with E-state index in [4.69, 9.17) is 0 Å². The molecule has 2 aromatic heterocycles. The van der Waals surface area contributed by atoms with Crippen molar-refractivity contribution in [2.24, 2.45) is 15.0 Å². The van der Waals surface area contributed by atoms with Crippen LogP contribution in [-0.2, 0) is 0 Å². The van der Waals surface area contributed by atoms with Gasteiger partial charge in [-0.1, -0.05) is 42.5 Å². The number of rotatable bonds is 4. The molecule has 3 heterocycles. The average molecular weight is 375 g/mol. The molecule has 5 heteroatoms. The van der Waals surface area contributed by atoms with Crippen molar-refractivity contribution in [3.8, 4) is 0 Å². The number of hydrogen-bond acceptors (Lipinski definition) is 5. The fourth-order valence-corrected chi connectivity index (χ4v) is 3.29. The van der Waals surface area contributed by atoms with Gasteiger partial charge in [0.15, 0.2) is 0 Å². The second-order valence-corrected chi connectivity index (χ2v) is 6.66. The Balaban J connectivity index is 1.36. The zero-order chi connectivity index (χ0) is 19.5. The van der Waals surface area contributed by atoms with Gasteiger partial charge in [0, 0.05) is 35.8 Å². The van der Waals surface area contributed by atoms with Gasteiger partial charge in [0.25, 0.3) is 0 Å². The van der Waals surface area contributed by atoms with E-state index < -0.39 is 0 Å². The highest BCUT2D eigenvalue weighted by Gasteiger charge is 2.06. The van der Waals surface area contributed by atoms with Crippen molar-refractivity contribution < 1.29 is 0 Å². The number of hydrogen-bond donors (Lipinski definition) is 0. The second kappa shape index (κ2) is 7.56. The standard InChI is InChI=1S/C24H17N5/c1-5-17-7-3-13-25-23(17)21(9-1)27-15-19-11-12-20(29-19)16-28-22-10-2-6-18-8-4-14-26-24(18)22/h1-11,13-16H,12H2. The van der Waals surface area contributed by atoms with Gasteiger partial charge in [-0.2, -0.15) is 0 Å². The maximum absolute atomic E-state index is 4.62. The van der Waals surface area contributed by atoms with Gasteiger partial charge in [-0.15, -0.1) is 0 Å². The van der Waals surface area contributed by atoms with Crippen LogP contribution in [0.15, 0.2) is 99.8 Å². The van der Waals surface area contributed by atoms with Gasteiger partial charge < -0.3 is 0 Å². The molecule has 1 aliphatic heterocycles. The van der Waals surface area contributed by atoms with E-state index >= 15 is 0 Å². The number of benzene rings is 2. The van der Waals surface area contributed by atoms with Crippen LogP contribution in [-0.4, -0.2) is 28.1 Å². The topological polar surface area (TPSA) is 62.9 Å². The number of allylic oxidation sites excluding steroid dienone is 2. The summed E-state index contributed by atoms with van der Waals surface area (Å²) < 4.78 is 0. The number of nitrogens with zero attached hydrogens (tertiary/aromatic N) is 5. The molecule has 0 spiro atoms. The van der Waals surface area contributed by atoms with Crippen molar-refractivity contribution >= 4 is 51.3 Å². The zero-order valence-electron chi connectivity index (χ0n) is 15.6. The van der Waals surface area contributed by atoms with Crippen LogP contribution in [0.5, 0.6) is 0 Å². The summed E-state index contributed by atoms with van der Waals surface area (Å²) in [5.41, 5.74) is 5.19. The van der Waals surface area contributed by atoms with Crippen LogP contribution in [0.4, 0.5) is 11.4 Å². The molecule has 0 bridgehead atoms. The molecule has 138 valence electrons. The minimum absolute atomic E-state index is 0.733. The SMILES string of the molecule is C(=Nc1cccc2cccnc12)C1=CCC(C=Nc2cccc3cccnc23)=N1. The fraction of sp³-hybridized carbons (Fsp3) is 0.0417. The lowest BCUT2D eigenvalue weighted by atomic mass is 10.2. The molecule has 0 aliphatic carbocycles. The van der Waals surface area contributed by atoms with Crippen LogP contribution in [0.25, 0.3) is 21.8 Å². The second-order valence-electron chi connectivity index (χ2n) is 6.66. The van der Waals surface area contributed by atoms with Crippen molar-refractivity contribution in [3.63, 3.8) is 0 Å². The van der Waals surface area contributed by atoms with E-state index in [0.29, 0.717) is 0 Å². The first kappa shape index (κ1) is 17.1. The van der Waals surface area contributed by atoms with Crippen molar-refractivity contribution in [1.29, 1.82) is 0 Å². The van der Waals surface area contributed by atoms with Crippen molar-refractivity contribution in [2.75, 3.05) is 0 Å². The Hall–Kier alpha value is -3.99. The van der Waals surface area contributed by atoms with Gasteiger partial charge in [0.1, 0.15) is 0 Å². The average Bonchev–Trinajstić information content (AvgIpc) is 3.24. The molecule has 0 saturated heterocycles. The van der Waals surface area contributed by atoms with Crippen LogP contribution < -0.4 is 0 Å². The first-order valence-electron chi connectivity index (χ1n) is 9.40. The third-order valence-electron chi connectivity index (χ3n) is 4.70. The molecule has 2 aromatic carbocycles. The highest BCUT2D eigenvalue weighted by Crippen LogP contribution is 2.25. The van der Waals surface area contributed by atoms with E-state index in [-0.39, 0.29) is 0 Å². The molecule has 0 unspecified atom stereocenters. The minimum Gasteiger partial charge on any atom is -0.254 e. The molecule has 5 nitrogen and oxygen atoms in total. The maximum Gasteiger partial charge on any atom is 0.0958 e. The molecule has 1 aliphatic rings. The van der Waals surface area contributed by atoms with Crippen molar-refractivity contribution in [1.82, 2.24) is 9.97 Å². The lowest BCUT2D eigenvalue weighted by molar-refractivity contribution is 1.39. The molecule has 29 heavy (non-hydrogen) atoms. The molecular formula is C24H17N5. The number of aromatic nitrogens is 2. The highest BCUT2D eigenvalue weighted by atomic mass is 14.9. The van der Waals surface area contributed by atoms with E-state index in [9.17, 15) is 0 Å². The van der Waals surface area contributed by atoms with Gasteiger partial charge in [-0.3, -0.25) is 24.9 Å². The van der Waals surface area contributed by atoms with E-state index in [1.54, 1.807) is 24.8 Å². The smallest absolute Gasteiger partial charge is 0.0958 e. The molecule has 0 radical (unpaired) electrons. The number of pyridine rings is 2. The van der Waals surface area contributed by atoms with E-state index in [0.717, 1.165) is 51.0 Å². The van der Waals surface area contributed by atoms with E-state index in [2.05, 4.69) is 24.9 Å². The van der Waals surface area contributed by atoms with Crippen LogP contribution in [0.2, 0.25) is 0 Å². The molecule has 0 atom stereocenters. The van der Waals surface area contributed by atoms with Crippen LogP contribution in [0.3, 0.4) is 0 Å². The summed E-state index contributed by atoms with van der Waals surface area (Å²) in [6, 6.07) is 19.9. The Morgan fingerprint density at radius 2 is 1.28 bits per heavy atom. The Kier molecular flexibility index (Phi) is 4.47. The Bertz CT molecular complexity index is 1320. The number of para-hydroxylation sites is 2. The summed E-state index contributed by atoms with van der Waals surface area (Å²) in [7, 11) is 0. The highest BCUT2D eigenvalue weighted by molar-refractivity contribution is 6.33. The predicted molar refractivity (Wildman–Crippen MR) is 120 cm³/mol. The third kappa shape index (κ3) is 3.58. The Morgan fingerprint density at radius 3 is 1.93 bits per heavy atom. The minimum atomic E-state index is 0.733. The molecule has 0 saturated carbocycles. The molecule has 0 fully saturated rings. The van der Waals surface area contributed by atoms with Gasteiger partial charge in [-0.05, 0) is 24.3 Å². The molecular weight excluding hydrogens is 358 g/mol. The maximum atomic E-state index is 4.62. The normalized spacial score (nSPS) is 14.2. The van der Waals surface area contributed by atoms with Crippen molar-refractivity contribution in [3.05, 3.63) is 84.8 Å². The lowest BCUT2D eigenvalue weighted by Gasteiger charge is -2.00.